The minimum atomic E-state index is -4.11. The Morgan fingerprint density at radius 3 is 2.36 bits per heavy atom. The van der Waals surface area contributed by atoms with Crippen molar-refractivity contribution < 1.29 is 18.3 Å². The first-order valence-corrected chi connectivity index (χ1v) is 11.0. The van der Waals surface area contributed by atoms with E-state index in [0.29, 0.717) is 21.9 Å². The molecule has 7 heteroatoms. The average Bonchev–Trinajstić information content (AvgIpc) is 2.53. The molecule has 2 aromatic rings. The van der Waals surface area contributed by atoms with Crippen LogP contribution in [0.5, 0.6) is 0 Å². The third-order valence-electron chi connectivity index (χ3n) is 3.59. The number of thioether (sulfide) groups is 1. The first-order chi connectivity index (χ1) is 11.7. The molecule has 0 bridgehead atoms. The van der Waals surface area contributed by atoms with Gasteiger partial charge >= 0.3 is 5.97 Å². The van der Waals surface area contributed by atoms with Gasteiger partial charge in [0.15, 0.2) is 0 Å². The second-order valence-electron chi connectivity index (χ2n) is 5.99. The molecule has 0 saturated heterocycles. The number of benzene rings is 2. The summed E-state index contributed by atoms with van der Waals surface area (Å²) in [6, 6.07) is 11.6. The highest BCUT2D eigenvalue weighted by Gasteiger charge is 2.23. The van der Waals surface area contributed by atoms with E-state index in [1.165, 1.54) is 17.8 Å². The van der Waals surface area contributed by atoms with Gasteiger partial charge in [-0.25, -0.2) is 13.2 Å². The summed E-state index contributed by atoms with van der Waals surface area (Å²) in [5.74, 6) is 0.0564. The van der Waals surface area contributed by atoms with Gasteiger partial charge in [0.1, 0.15) is 0 Å². The number of carbonyl (C=O) groups is 1. The fourth-order valence-corrected chi connectivity index (χ4v) is 4.87. The Balaban J connectivity index is 2.68. The topological polar surface area (TPSA) is 71.4 Å². The molecule has 0 unspecified atom stereocenters. The molecular formula is C18H19ClO4S2. The molecule has 0 spiro atoms. The Bertz CT molecular complexity index is 862. The van der Waals surface area contributed by atoms with Gasteiger partial charge in [0.2, 0.25) is 0 Å². The molecule has 2 rings (SSSR count). The predicted molar refractivity (Wildman–Crippen MR) is 102 cm³/mol. The molecule has 0 aliphatic rings. The Kier molecular flexibility index (Phi) is 6.54. The summed E-state index contributed by atoms with van der Waals surface area (Å²) in [5.41, 5.74) is 1.05. The van der Waals surface area contributed by atoms with E-state index in [4.69, 9.17) is 10.7 Å². The fourth-order valence-electron chi connectivity index (χ4n) is 2.31. The highest BCUT2D eigenvalue weighted by molar-refractivity contribution is 8.13. The Morgan fingerprint density at radius 2 is 1.84 bits per heavy atom. The zero-order valence-electron chi connectivity index (χ0n) is 13.9. The number of hydrogen-bond donors (Lipinski definition) is 1. The minimum absolute atomic E-state index is 0.0917. The second-order valence-corrected chi connectivity index (χ2v) is 9.66. The molecular weight excluding hydrogens is 380 g/mol. The van der Waals surface area contributed by atoms with Gasteiger partial charge in [-0.3, -0.25) is 0 Å². The molecule has 0 saturated carbocycles. The summed E-state index contributed by atoms with van der Waals surface area (Å²) in [6.07, 6.45) is 0.930. The van der Waals surface area contributed by atoms with Gasteiger partial charge in [-0.05, 0) is 35.8 Å². The zero-order chi connectivity index (χ0) is 18.6. The van der Waals surface area contributed by atoms with Crippen LogP contribution in [-0.4, -0.2) is 25.2 Å². The second kappa shape index (κ2) is 8.25. The van der Waals surface area contributed by atoms with E-state index in [2.05, 4.69) is 13.8 Å². The molecule has 0 fully saturated rings. The van der Waals surface area contributed by atoms with Crippen LogP contribution in [0.15, 0.2) is 52.3 Å². The third-order valence-corrected chi connectivity index (χ3v) is 6.01. The quantitative estimate of drug-likeness (QED) is 0.517. The lowest BCUT2D eigenvalue weighted by Crippen LogP contribution is -2.04. The van der Waals surface area contributed by atoms with E-state index in [1.54, 1.807) is 24.3 Å². The molecule has 0 atom stereocenters. The Morgan fingerprint density at radius 1 is 1.20 bits per heavy atom. The van der Waals surface area contributed by atoms with Crippen LogP contribution in [0.1, 0.15) is 30.6 Å². The fraction of sp³-hybridized carbons (Fsp3) is 0.278. The summed E-state index contributed by atoms with van der Waals surface area (Å²) in [5, 5.41) is 9.33. The van der Waals surface area contributed by atoms with Gasteiger partial charge in [0.25, 0.3) is 9.05 Å². The van der Waals surface area contributed by atoms with Gasteiger partial charge < -0.3 is 5.11 Å². The van der Waals surface area contributed by atoms with Crippen molar-refractivity contribution in [3.63, 3.8) is 0 Å². The zero-order valence-corrected chi connectivity index (χ0v) is 16.3. The molecule has 0 aromatic heterocycles. The Hall–Kier alpha value is -1.50. The molecule has 4 nitrogen and oxygen atoms in total. The van der Waals surface area contributed by atoms with Gasteiger partial charge in [-0.15, -0.1) is 11.8 Å². The van der Waals surface area contributed by atoms with Crippen LogP contribution in [0, 0.1) is 5.92 Å². The van der Waals surface area contributed by atoms with Crippen molar-refractivity contribution in [3.8, 4) is 11.1 Å². The smallest absolute Gasteiger partial charge is 0.335 e. The van der Waals surface area contributed by atoms with E-state index in [9.17, 15) is 18.3 Å². The third kappa shape index (κ3) is 5.23. The van der Waals surface area contributed by atoms with Crippen LogP contribution in [-0.2, 0) is 9.05 Å². The molecule has 0 aliphatic heterocycles. The predicted octanol–water partition coefficient (Wildman–Crippen LogP) is 5.12. The van der Waals surface area contributed by atoms with E-state index < -0.39 is 15.0 Å². The summed E-state index contributed by atoms with van der Waals surface area (Å²) >= 11 is 1.45. The summed E-state index contributed by atoms with van der Waals surface area (Å²) in [7, 11) is 1.51. The number of hydrogen-bond acceptors (Lipinski definition) is 4. The Labute approximate surface area is 156 Å². The molecule has 0 heterocycles. The molecule has 0 radical (unpaired) electrons. The first kappa shape index (κ1) is 19.8. The lowest BCUT2D eigenvalue weighted by Gasteiger charge is -2.15. The molecule has 25 heavy (non-hydrogen) atoms. The summed E-state index contributed by atoms with van der Waals surface area (Å²) < 4.78 is 24.2. The number of aromatic carboxylic acids is 1. The van der Waals surface area contributed by atoms with E-state index in [0.717, 1.165) is 18.2 Å². The van der Waals surface area contributed by atoms with Crippen molar-refractivity contribution in [3.05, 3.63) is 48.0 Å². The largest absolute Gasteiger partial charge is 0.478 e. The average molecular weight is 399 g/mol. The van der Waals surface area contributed by atoms with E-state index in [-0.39, 0.29) is 10.5 Å². The van der Waals surface area contributed by atoms with Gasteiger partial charge in [0, 0.05) is 21.1 Å². The van der Waals surface area contributed by atoms with E-state index >= 15 is 0 Å². The van der Waals surface area contributed by atoms with E-state index in [1.807, 2.05) is 6.07 Å². The monoisotopic (exact) mass is 398 g/mol. The maximum atomic E-state index is 12.1. The molecule has 1 N–H and O–H groups in total. The minimum Gasteiger partial charge on any atom is -0.478 e. The highest BCUT2D eigenvalue weighted by atomic mass is 35.7. The number of rotatable bonds is 7. The van der Waals surface area contributed by atoms with Crippen LogP contribution in [0.25, 0.3) is 11.1 Å². The van der Waals surface area contributed by atoms with Gasteiger partial charge in [-0.2, -0.15) is 0 Å². The lowest BCUT2D eigenvalue weighted by molar-refractivity contribution is 0.0696. The van der Waals surface area contributed by atoms with Crippen LogP contribution in [0.2, 0.25) is 0 Å². The molecule has 0 amide bonds. The highest BCUT2D eigenvalue weighted by Crippen LogP contribution is 2.39. The van der Waals surface area contributed by atoms with Crippen molar-refractivity contribution in [2.24, 2.45) is 5.92 Å². The SMILES string of the molecule is CC(C)CCSc1cc(C(=O)O)cc(S(=O)(=O)Cl)c1-c1ccccc1. The van der Waals surface area contributed by atoms with Crippen LogP contribution >= 0.6 is 22.4 Å². The number of halogens is 1. The van der Waals surface area contributed by atoms with Gasteiger partial charge in [-0.1, -0.05) is 44.2 Å². The normalized spacial score (nSPS) is 11.7. The lowest BCUT2D eigenvalue weighted by atomic mass is 10.0. The first-order valence-electron chi connectivity index (χ1n) is 7.74. The van der Waals surface area contributed by atoms with Crippen molar-refractivity contribution in [1.29, 1.82) is 0 Å². The number of carboxylic acids is 1. The summed E-state index contributed by atoms with van der Waals surface area (Å²) in [4.78, 5) is 11.8. The molecule has 134 valence electrons. The summed E-state index contributed by atoms with van der Waals surface area (Å²) in [6.45, 7) is 4.20. The van der Waals surface area contributed by atoms with Crippen molar-refractivity contribution >= 4 is 37.5 Å². The van der Waals surface area contributed by atoms with Crippen LogP contribution < -0.4 is 0 Å². The molecule has 0 aliphatic carbocycles. The maximum absolute atomic E-state index is 12.1. The van der Waals surface area contributed by atoms with Gasteiger partial charge in [0.05, 0.1) is 10.5 Å². The molecule has 2 aromatic carbocycles. The maximum Gasteiger partial charge on any atom is 0.335 e. The van der Waals surface area contributed by atoms with Crippen molar-refractivity contribution in [2.45, 2.75) is 30.1 Å². The van der Waals surface area contributed by atoms with Crippen LogP contribution in [0.3, 0.4) is 0 Å². The van der Waals surface area contributed by atoms with Crippen molar-refractivity contribution in [1.82, 2.24) is 0 Å². The van der Waals surface area contributed by atoms with Crippen molar-refractivity contribution in [2.75, 3.05) is 5.75 Å². The van der Waals surface area contributed by atoms with Crippen LogP contribution in [0.4, 0.5) is 0 Å². The number of carboxylic acid groups (broad SMARTS) is 1. The standard InChI is InChI=1S/C18H19ClO4S2/c1-12(2)8-9-24-15-10-14(18(20)21)11-16(25(19,22)23)17(15)13-6-4-3-5-7-13/h3-7,10-12H,8-9H2,1-2H3,(H,20,21).